The molecule has 22 heavy (non-hydrogen) atoms. The Balaban J connectivity index is 2.33. The number of esters is 1. The molecule has 1 heterocycles. The zero-order chi connectivity index (χ0) is 15.9. The Kier molecular flexibility index (Phi) is 3.14. The molecule has 3 N–H and O–H groups in total. The minimum atomic E-state index is -0.632. The van der Waals surface area contributed by atoms with Gasteiger partial charge >= 0.3 is 5.97 Å². The number of rotatable bonds is 2. The molecule has 0 radical (unpaired) electrons. The molecular formula is C16H12O6. The van der Waals surface area contributed by atoms with Gasteiger partial charge in [0.05, 0.1) is 18.9 Å². The smallest absolute Gasteiger partial charge is 0.338 e. The average Bonchev–Trinajstić information content (AvgIpc) is 2.88. The summed E-state index contributed by atoms with van der Waals surface area (Å²) in [4.78, 5) is 11.9. The fraction of sp³-hybridized carbons (Fsp3) is 0.0625. The van der Waals surface area contributed by atoms with E-state index in [4.69, 9.17) is 9.15 Å². The molecule has 0 saturated heterocycles. The molecule has 0 amide bonds. The van der Waals surface area contributed by atoms with Crippen molar-refractivity contribution in [3.63, 3.8) is 0 Å². The van der Waals surface area contributed by atoms with E-state index in [9.17, 15) is 20.1 Å². The van der Waals surface area contributed by atoms with E-state index in [0.717, 1.165) is 0 Å². The minimum absolute atomic E-state index is 0.122. The Morgan fingerprint density at radius 3 is 2.27 bits per heavy atom. The van der Waals surface area contributed by atoms with Crippen molar-refractivity contribution < 1.29 is 29.3 Å². The zero-order valence-electron chi connectivity index (χ0n) is 11.5. The van der Waals surface area contributed by atoms with Crippen LogP contribution in [0.3, 0.4) is 0 Å². The summed E-state index contributed by atoms with van der Waals surface area (Å²) in [6, 6.07) is 6.69. The standard InChI is InChI=1S/C16H12O6/c1-21-16(20)12-5-11(19)6-14-15(12)13(7-22-14)8-2-9(17)4-10(18)3-8/h2-7,17-19H,1H3. The van der Waals surface area contributed by atoms with E-state index >= 15 is 0 Å². The molecule has 0 aliphatic rings. The van der Waals surface area contributed by atoms with Gasteiger partial charge in [-0.15, -0.1) is 0 Å². The molecule has 0 aliphatic carbocycles. The fourth-order valence-electron chi connectivity index (χ4n) is 2.39. The number of methoxy groups -OCH3 is 1. The normalized spacial score (nSPS) is 10.8. The van der Waals surface area contributed by atoms with Crippen molar-refractivity contribution in [3.8, 4) is 28.4 Å². The van der Waals surface area contributed by atoms with Crippen LogP contribution in [0.15, 0.2) is 41.0 Å². The third kappa shape index (κ3) is 2.20. The van der Waals surface area contributed by atoms with Gasteiger partial charge in [0, 0.05) is 23.1 Å². The van der Waals surface area contributed by atoms with E-state index in [1.807, 2.05) is 0 Å². The number of phenolic OH excluding ortho intramolecular Hbond substituents is 3. The van der Waals surface area contributed by atoms with Gasteiger partial charge in [-0.25, -0.2) is 4.79 Å². The van der Waals surface area contributed by atoms with Gasteiger partial charge in [0.1, 0.15) is 22.8 Å². The maximum Gasteiger partial charge on any atom is 0.338 e. The van der Waals surface area contributed by atoms with Crippen LogP contribution >= 0.6 is 0 Å². The van der Waals surface area contributed by atoms with Crippen molar-refractivity contribution in [3.05, 3.63) is 42.2 Å². The van der Waals surface area contributed by atoms with Crippen molar-refractivity contribution in [2.75, 3.05) is 7.11 Å². The highest BCUT2D eigenvalue weighted by molar-refractivity contribution is 6.10. The van der Waals surface area contributed by atoms with Gasteiger partial charge in [0.15, 0.2) is 0 Å². The topological polar surface area (TPSA) is 100 Å². The molecule has 3 rings (SSSR count). The number of hydrogen-bond donors (Lipinski definition) is 3. The van der Waals surface area contributed by atoms with Gasteiger partial charge < -0.3 is 24.5 Å². The summed E-state index contributed by atoms with van der Waals surface area (Å²) in [5, 5.41) is 29.3. The Morgan fingerprint density at radius 2 is 1.64 bits per heavy atom. The number of carbonyl (C=O) groups excluding carboxylic acids is 1. The largest absolute Gasteiger partial charge is 0.508 e. The number of aromatic hydroxyl groups is 3. The first-order valence-corrected chi connectivity index (χ1v) is 6.35. The van der Waals surface area contributed by atoms with Crippen LogP contribution < -0.4 is 0 Å². The quantitative estimate of drug-likeness (QED) is 0.629. The molecule has 0 spiro atoms. The number of ether oxygens (including phenoxy) is 1. The molecule has 0 atom stereocenters. The van der Waals surface area contributed by atoms with Crippen molar-refractivity contribution in [2.24, 2.45) is 0 Å². The first-order valence-electron chi connectivity index (χ1n) is 6.35. The highest BCUT2D eigenvalue weighted by atomic mass is 16.5. The van der Waals surface area contributed by atoms with Gasteiger partial charge in [0.2, 0.25) is 0 Å². The zero-order valence-corrected chi connectivity index (χ0v) is 11.5. The van der Waals surface area contributed by atoms with Crippen LogP contribution in [0.5, 0.6) is 17.2 Å². The van der Waals surface area contributed by atoms with Crippen LogP contribution in [0.2, 0.25) is 0 Å². The Hall–Kier alpha value is -3.15. The van der Waals surface area contributed by atoms with E-state index in [-0.39, 0.29) is 22.8 Å². The second-order valence-corrected chi connectivity index (χ2v) is 4.75. The van der Waals surface area contributed by atoms with Crippen molar-refractivity contribution >= 4 is 16.9 Å². The van der Waals surface area contributed by atoms with E-state index in [1.165, 1.54) is 43.7 Å². The maximum absolute atomic E-state index is 11.9. The van der Waals surface area contributed by atoms with Gasteiger partial charge in [-0.1, -0.05) is 0 Å². The van der Waals surface area contributed by atoms with E-state index in [0.29, 0.717) is 22.1 Å². The Morgan fingerprint density at radius 1 is 1.00 bits per heavy atom. The van der Waals surface area contributed by atoms with Gasteiger partial charge in [-0.3, -0.25) is 0 Å². The summed E-state index contributed by atoms with van der Waals surface area (Å²) >= 11 is 0. The van der Waals surface area contributed by atoms with E-state index < -0.39 is 5.97 Å². The summed E-state index contributed by atoms with van der Waals surface area (Å²) in [6.45, 7) is 0. The number of phenols is 3. The summed E-state index contributed by atoms with van der Waals surface area (Å²) in [6.07, 6.45) is 1.38. The summed E-state index contributed by atoms with van der Waals surface area (Å²) in [5.41, 5.74) is 1.37. The summed E-state index contributed by atoms with van der Waals surface area (Å²) in [5.74, 6) is -1.01. The van der Waals surface area contributed by atoms with Crippen molar-refractivity contribution in [1.29, 1.82) is 0 Å². The highest BCUT2D eigenvalue weighted by Crippen LogP contribution is 2.38. The predicted octanol–water partition coefficient (Wildman–Crippen LogP) is 3.00. The van der Waals surface area contributed by atoms with Crippen LogP contribution in [0.25, 0.3) is 22.1 Å². The summed E-state index contributed by atoms with van der Waals surface area (Å²) in [7, 11) is 1.23. The molecule has 0 saturated carbocycles. The van der Waals surface area contributed by atoms with Crippen LogP contribution in [-0.4, -0.2) is 28.4 Å². The lowest BCUT2D eigenvalue weighted by atomic mass is 10.00. The number of hydrogen-bond acceptors (Lipinski definition) is 6. The van der Waals surface area contributed by atoms with E-state index in [2.05, 4.69) is 0 Å². The van der Waals surface area contributed by atoms with E-state index in [1.54, 1.807) is 0 Å². The third-order valence-electron chi connectivity index (χ3n) is 3.28. The molecule has 112 valence electrons. The lowest BCUT2D eigenvalue weighted by Crippen LogP contribution is -2.01. The van der Waals surface area contributed by atoms with Crippen LogP contribution in [-0.2, 0) is 4.74 Å². The second kappa shape index (κ2) is 5.00. The summed E-state index contributed by atoms with van der Waals surface area (Å²) < 4.78 is 10.1. The third-order valence-corrected chi connectivity index (χ3v) is 3.28. The minimum Gasteiger partial charge on any atom is -0.508 e. The maximum atomic E-state index is 11.9. The van der Waals surface area contributed by atoms with Gasteiger partial charge in [0.25, 0.3) is 0 Å². The monoisotopic (exact) mass is 300 g/mol. The molecular weight excluding hydrogens is 288 g/mol. The Labute approximate surface area is 124 Å². The first kappa shape index (κ1) is 13.8. The molecule has 0 bridgehead atoms. The number of carbonyl (C=O) groups is 1. The molecule has 0 fully saturated rings. The first-order chi connectivity index (χ1) is 10.5. The van der Waals surface area contributed by atoms with Crippen molar-refractivity contribution in [1.82, 2.24) is 0 Å². The van der Waals surface area contributed by atoms with Crippen LogP contribution in [0.1, 0.15) is 10.4 Å². The molecule has 2 aromatic carbocycles. The van der Waals surface area contributed by atoms with Crippen molar-refractivity contribution in [2.45, 2.75) is 0 Å². The molecule has 6 nitrogen and oxygen atoms in total. The molecule has 3 aromatic rings. The highest BCUT2D eigenvalue weighted by Gasteiger charge is 2.19. The van der Waals surface area contributed by atoms with Gasteiger partial charge in [-0.2, -0.15) is 0 Å². The number of benzene rings is 2. The molecule has 1 aromatic heterocycles. The van der Waals surface area contributed by atoms with Crippen LogP contribution in [0, 0.1) is 0 Å². The fourth-order valence-corrected chi connectivity index (χ4v) is 2.39. The molecule has 0 aliphatic heterocycles. The number of furan rings is 1. The molecule has 6 heteroatoms. The second-order valence-electron chi connectivity index (χ2n) is 4.75. The van der Waals surface area contributed by atoms with Crippen LogP contribution in [0.4, 0.5) is 0 Å². The lowest BCUT2D eigenvalue weighted by molar-refractivity contribution is 0.0602. The SMILES string of the molecule is COC(=O)c1cc(O)cc2occ(-c3cc(O)cc(O)c3)c12. The Bertz CT molecular complexity index is 857. The molecule has 0 unspecified atom stereocenters. The predicted molar refractivity (Wildman–Crippen MR) is 78.0 cm³/mol. The van der Waals surface area contributed by atoms with Gasteiger partial charge in [-0.05, 0) is 23.8 Å². The lowest BCUT2D eigenvalue weighted by Gasteiger charge is -2.06. The number of fused-ring (bicyclic) bond motifs is 1. The average molecular weight is 300 g/mol.